The maximum atomic E-state index is 3.38. The Morgan fingerprint density at radius 3 is 2.59 bits per heavy atom. The second kappa shape index (κ2) is 5.34. The average Bonchev–Trinajstić information content (AvgIpc) is 2.84. The molecule has 0 saturated heterocycles. The molecule has 0 spiro atoms. The lowest BCUT2D eigenvalue weighted by atomic mass is 10.0. The predicted molar refractivity (Wildman–Crippen MR) is 76.0 cm³/mol. The average molecular weight is 246 g/mol. The summed E-state index contributed by atoms with van der Waals surface area (Å²) in [7, 11) is 6.14. The summed E-state index contributed by atoms with van der Waals surface area (Å²) in [5, 5.41) is 7.69. The van der Waals surface area contributed by atoms with Gasteiger partial charge in [-0.15, -0.1) is 0 Å². The fourth-order valence-corrected chi connectivity index (χ4v) is 2.63. The Morgan fingerprint density at radius 2 is 2.00 bits per heavy atom. The third-order valence-electron chi connectivity index (χ3n) is 2.89. The number of anilines is 1. The van der Waals surface area contributed by atoms with Gasteiger partial charge in [0.25, 0.3) is 0 Å². The highest BCUT2D eigenvalue weighted by molar-refractivity contribution is 7.08. The molecule has 2 aromatic rings. The minimum atomic E-state index is 0.279. The summed E-state index contributed by atoms with van der Waals surface area (Å²) in [5.41, 5.74) is 3.86. The summed E-state index contributed by atoms with van der Waals surface area (Å²) < 4.78 is 0. The summed E-state index contributed by atoms with van der Waals surface area (Å²) in [4.78, 5) is 2.13. The molecular formula is C14H18N2S. The molecule has 0 fully saturated rings. The molecule has 1 heterocycles. The van der Waals surface area contributed by atoms with E-state index in [1.807, 2.05) is 7.05 Å². The molecule has 1 unspecified atom stereocenters. The Morgan fingerprint density at radius 1 is 1.18 bits per heavy atom. The fraction of sp³-hybridized carbons (Fsp3) is 0.286. The minimum Gasteiger partial charge on any atom is -0.378 e. The summed E-state index contributed by atoms with van der Waals surface area (Å²) in [5.74, 6) is 0. The van der Waals surface area contributed by atoms with Crippen LogP contribution in [0.25, 0.3) is 0 Å². The number of rotatable bonds is 4. The Bertz CT molecular complexity index is 463. The highest BCUT2D eigenvalue weighted by atomic mass is 32.1. The molecule has 1 aromatic heterocycles. The quantitative estimate of drug-likeness (QED) is 0.891. The van der Waals surface area contributed by atoms with Gasteiger partial charge in [-0.25, -0.2) is 0 Å². The highest BCUT2D eigenvalue weighted by Crippen LogP contribution is 2.26. The fourth-order valence-electron chi connectivity index (χ4n) is 1.95. The zero-order valence-electron chi connectivity index (χ0n) is 10.5. The normalized spacial score (nSPS) is 12.4. The van der Waals surface area contributed by atoms with Crippen molar-refractivity contribution in [1.82, 2.24) is 5.32 Å². The van der Waals surface area contributed by atoms with Crippen molar-refractivity contribution in [3.8, 4) is 0 Å². The van der Waals surface area contributed by atoms with Crippen LogP contribution in [0.3, 0.4) is 0 Å². The van der Waals surface area contributed by atoms with Crippen LogP contribution in [0.1, 0.15) is 17.2 Å². The monoisotopic (exact) mass is 246 g/mol. The predicted octanol–water partition coefficient (Wildman–Crippen LogP) is 3.12. The first-order valence-corrected chi connectivity index (χ1v) is 6.63. The van der Waals surface area contributed by atoms with Crippen molar-refractivity contribution >= 4 is 17.0 Å². The molecule has 1 atom stereocenters. The van der Waals surface area contributed by atoms with Crippen LogP contribution in [0.4, 0.5) is 5.69 Å². The Hall–Kier alpha value is -1.32. The van der Waals surface area contributed by atoms with Crippen molar-refractivity contribution in [2.45, 2.75) is 6.04 Å². The van der Waals surface area contributed by atoms with Gasteiger partial charge in [-0.3, -0.25) is 0 Å². The minimum absolute atomic E-state index is 0.279. The number of thiophene rings is 1. The number of hydrogen-bond acceptors (Lipinski definition) is 3. The van der Waals surface area contributed by atoms with Crippen molar-refractivity contribution in [3.05, 3.63) is 52.2 Å². The first-order valence-electron chi connectivity index (χ1n) is 5.69. The van der Waals surface area contributed by atoms with E-state index >= 15 is 0 Å². The molecule has 2 rings (SSSR count). The lowest BCUT2D eigenvalue weighted by molar-refractivity contribution is 0.694. The molecule has 1 N–H and O–H groups in total. The van der Waals surface area contributed by atoms with Crippen molar-refractivity contribution in [2.24, 2.45) is 0 Å². The van der Waals surface area contributed by atoms with Gasteiger partial charge in [0.2, 0.25) is 0 Å². The van der Waals surface area contributed by atoms with E-state index in [0.717, 1.165) is 0 Å². The number of benzene rings is 1. The van der Waals surface area contributed by atoms with E-state index in [9.17, 15) is 0 Å². The van der Waals surface area contributed by atoms with E-state index in [1.54, 1.807) is 11.3 Å². The molecule has 17 heavy (non-hydrogen) atoms. The van der Waals surface area contributed by atoms with E-state index in [1.165, 1.54) is 16.8 Å². The standard InChI is InChI=1S/C14H18N2S/c1-15-14(12-7-8-17-10-12)11-5-4-6-13(9-11)16(2)3/h4-10,14-15H,1-3H3. The molecule has 0 amide bonds. The molecule has 0 bridgehead atoms. The van der Waals surface area contributed by atoms with Gasteiger partial charge in [0.05, 0.1) is 6.04 Å². The Balaban J connectivity index is 2.34. The van der Waals surface area contributed by atoms with E-state index in [-0.39, 0.29) is 6.04 Å². The van der Waals surface area contributed by atoms with Gasteiger partial charge in [0.1, 0.15) is 0 Å². The molecular weight excluding hydrogens is 228 g/mol. The lowest BCUT2D eigenvalue weighted by Crippen LogP contribution is -2.17. The Labute approximate surface area is 107 Å². The van der Waals surface area contributed by atoms with E-state index in [4.69, 9.17) is 0 Å². The van der Waals surface area contributed by atoms with Crippen LogP contribution in [-0.4, -0.2) is 21.1 Å². The number of hydrogen-bond donors (Lipinski definition) is 1. The van der Waals surface area contributed by atoms with Crippen LogP contribution in [0.15, 0.2) is 41.1 Å². The first-order chi connectivity index (χ1) is 8.22. The maximum absolute atomic E-state index is 3.38. The number of nitrogens with one attached hydrogen (secondary N) is 1. The van der Waals surface area contributed by atoms with Crippen LogP contribution in [0.5, 0.6) is 0 Å². The third kappa shape index (κ3) is 2.68. The van der Waals surface area contributed by atoms with Crippen LogP contribution in [0, 0.1) is 0 Å². The zero-order valence-corrected chi connectivity index (χ0v) is 11.3. The van der Waals surface area contributed by atoms with Crippen molar-refractivity contribution in [3.63, 3.8) is 0 Å². The summed E-state index contributed by atoms with van der Waals surface area (Å²) in [6.07, 6.45) is 0. The highest BCUT2D eigenvalue weighted by Gasteiger charge is 2.12. The van der Waals surface area contributed by atoms with Gasteiger partial charge in [-0.05, 0) is 47.1 Å². The van der Waals surface area contributed by atoms with Crippen LogP contribution in [-0.2, 0) is 0 Å². The van der Waals surface area contributed by atoms with E-state index in [0.29, 0.717) is 0 Å². The Kier molecular flexibility index (Phi) is 3.82. The maximum Gasteiger partial charge on any atom is 0.0583 e. The van der Waals surface area contributed by atoms with Gasteiger partial charge in [-0.1, -0.05) is 12.1 Å². The second-order valence-corrected chi connectivity index (χ2v) is 5.05. The molecule has 0 saturated carbocycles. The van der Waals surface area contributed by atoms with Gasteiger partial charge < -0.3 is 10.2 Å². The summed E-state index contributed by atoms with van der Waals surface area (Å²) in [6, 6.07) is 11.1. The zero-order chi connectivity index (χ0) is 12.3. The van der Waals surface area contributed by atoms with Gasteiger partial charge in [-0.2, -0.15) is 11.3 Å². The largest absolute Gasteiger partial charge is 0.378 e. The molecule has 0 aliphatic carbocycles. The molecule has 0 radical (unpaired) electrons. The molecule has 0 aliphatic heterocycles. The van der Waals surface area contributed by atoms with Crippen molar-refractivity contribution in [2.75, 3.05) is 26.0 Å². The van der Waals surface area contributed by atoms with Gasteiger partial charge >= 0.3 is 0 Å². The molecule has 3 heteroatoms. The van der Waals surface area contributed by atoms with Gasteiger partial charge in [0.15, 0.2) is 0 Å². The SMILES string of the molecule is CNC(c1ccsc1)c1cccc(N(C)C)c1. The molecule has 0 aliphatic rings. The smallest absolute Gasteiger partial charge is 0.0583 e. The molecule has 2 nitrogen and oxygen atoms in total. The second-order valence-electron chi connectivity index (χ2n) is 4.27. The summed E-state index contributed by atoms with van der Waals surface area (Å²) >= 11 is 1.74. The van der Waals surface area contributed by atoms with Crippen LogP contribution in [0.2, 0.25) is 0 Å². The van der Waals surface area contributed by atoms with Gasteiger partial charge in [0, 0.05) is 19.8 Å². The van der Waals surface area contributed by atoms with E-state index < -0.39 is 0 Å². The number of nitrogens with zero attached hydrogens (tertiary/aromatic N) is 1. The van der Waals surface area contributed by atoms with Crippen molar-refractivity contribution in [1.29, 1.82) is 0 Å². The van der Waals surface area contributed by atoms with Crippen molar-refractivity contribution < 1.29 is 0 Å². The third-order valence-corrected chi connectivity index (χ3v) is 3.59. The topological polar surface area (TPSA) is 15.3 Å². The van der Waals surface area contributed by atoms with E-state index in [2.05, 4.69) is 65.4 Å². The first kappa shape index (κ1) is 12.1. The molecule has 90 valence electrons. The van der Waals surface area contributed by atoms with Crippen LogP contribution < -0.4 is 10.2 Å². The summed E-state index contributed by atoms with van der Waals surface area (Å²) in [6.45, 7) is 0. The van der Waals surface area contributed by atoms with Crippen LogP contribution >= 0.6 is 11.3 Å². The lowest BCUT2D eigenvalue weighted by Gasteiger charge is -2.19. The molecule has 1 aromatic carbocycles.